The Morgan fingerprint density at radius 1 is 1.32 bits per heavy atom. The van der Waals surface area contributed by atoms with Crippen LogP contribution in [0.3, 0.4) is 0 Å². The number of hydrogen-bond acceptors (Lipinski definition) is 6. The van der Waals surface area contributed by atoms with Crippen LogP contribution in [0.2, 0.25) is 0 Å². The first-order valence-electron chi connectivity index (χ1n) is 8.32. The van der Waals surface area contributed by atoms with Crippen molar-refractivity contribution in [3.63, 3.8) is 0 Å². The second-order valence-electron chi connectivity index (χ2n) is 6.60. The molecule has 3 rings (SSSR count). The summed E-state index contributed by atoms with van der Waals surface area (Å²) in [7, 11) is 0. The summed E-state index contributed by atoms with van der Waals surface area (Å²) in [5.74, 6) is -1.27. The first-order chi connectivity index (χ1) is 12.0. The molecule has 1 aromatic heterocycles. The Bertz CT molecular complexity index is 846. The molecule has 0 saturated heterocycles. The van der Waals surface area contributed by atoms with Crippen LogP contribution in [0.1, 0.15) is 22.6 Å². The molecule has 2 heterocycles. The number of nitriles is 3. The van der Waals surface area contributed by atoms with Gasteiger partial charge in [0.1, 0.15) is 5.92 Å². The number of rotatable bonds is 2. The Morgan fingerprint density at radius 3 is 2.56 bits per heavy atom. The van der Waals surface area contributed by atoms with Gasteiger partial charge in [0, 0.05) is 34.7 Å². The summed E-state index contributed by atoms with van der Waals surface area (Å²) in [5, 5.41) is 38.0. The van der Waals surface area contributed by atoms with E-state index in [1.807, 2.05) is 25.1 Å². The van der Waals surface area contributed by atoms with E-state index < -0.39 is 17.3 Å². The number of nitrogens with zero attached hydrogens (tertiary/aromatic N) is 4. The maximum Gasteiger partial charge on any atom is 0.190 e. The van der Waals surface area contributed by atoms with Gasteiger partial charge in [0.2, 0.25) is 0 Å². The molecule has 1 N–H and O–H groups in total. The molecule has 0 aromatic carbocycles. The van der Waals surface area contributed by atoms with Gasteiger partial charge in [0.15, 0.2) is 5.41 Å². The smallest absolute Gasteiger partial charge is 0.190 e. The van der Waals surface area contributed by atoms with E-state index >= 15 is 0 Å². The molecule has 5 nitrogen and oxygen atoms in total. The van der Waals surface area contributed by atoms with Crippen molar-refractivity contribution in [1.82, 2.24) is 4.90 Å². The molecule has 1 saturated carbocycles. The van der Waals surface area contributed by atoms with Crippen molar-refractivity contribution < 1.29 is 0 Å². The summed E-state index contributed by atoms with van der Waals surface area (Å²) < 4.78 is 0. The van der Waals surface area contributed by atoms with Crippen LogP contribution in [0, 0.1) is 63.6 Å². The molecule has 1 aromatic rings. The number of fused-ring (bicyclic) bond motifs is 1. The highest BCUT2D eigenvalue weighted by Crippen LogP contribution is 2.54. The largest absolute Gasteiger partial charge is 0.305 e. The topological polar surface area (TPSA) is 98.5 Å². The van der Waals surface area contributed by atoms with Crippen molar-refractivity contribution in [3.05, 3.63) is 33.5 Å². The van der Waals surface area contributed by atoms with Crippen molar-refractivity contribution in [2.24, 2.45) is 17.3 Å². The number of hydrogen-bond donors (Lipinski definition) is 1. The summed E-state index contributed by atoms with van der Waals surface area (Å²) in [6.07, 6.45) is 2.03. The maximum absolute atomic E-state index is 9.93. The van der Waals surface area contributed by atoms with Gasteiger partial charge in [0.25, 0.3) is 0 Å². The number of likely N-dealkylation sites (N-methyl/N-ethyl adjacent to an activating group) is 1. The van der Waals surface area contributed by atoms with E-state index in [-0.39, 0.29) is 11.6 Å². The zero-order chi connectivity index (χ0) is 18.2. The van der Waals surface area contributed by atoms with E-state index in [9.17, 15) is 15.8 Å². The van der Waals surface area contributed by atoms with Crippen LogP contribution in [0.25, 0.3) is 0 Å². The molecule has 0 radical (unpaired) electrons. The van der Waals surface area contributed by atoms with E-state index in [4.69, 9.17) is 5.41 Å². The van der Waals surface area contributed by atoms with Gasteiger partial charge in [-0.15, -0.1) is 11.3 Å². The van der Waals surface area contributed by atoms with Crippen molar-refractivity contribution in [1.29, 1.82) is 21.2 Å². The Hall–Kier alpha value is -2.46. The van der Waals surface area contributed by atoms with Gasteiger partial charge in [-0.1, -0.05) is 13.0 Å². The summed E-state index contributed by atoms with van der Waals surface area (Å²) in [6.45, 7) is 6.41. The lowest BCUT2D eigenvalue weighted by molar-refractivity contribution is 0.213. The molecular formula is C19H19N5S. The van der Waals surface area contributed by atoms with E-state index in [2.05, 4.69) is 30.0 Å². The Balaban J connectivity index is 2.24. The van der Waals surface area contributed by atoms with Crippen LogP contribution in [-0.2, 0) is 0 Å². The predicted molar refractivity (Wildman–Crippen MR) is 96.0 cm³/mol. The molecule has 2 aliphatic rings. The zero-order valence-corrected chi connectivity index (χ0v) is 15.1. The lowest BCUT2D eigenvalue weighted by Gasteiger charge is -2.47. The molecule has 1 fully saturated rings. The maximum atomic E-state index is 9.93. The van der Waals surface area contributed by atoms with Crippen LogP contribution >= 0.6 is 11.3 Å². The summed E-state index contributed by atoms with van der Waals surface area (Å²) in [4.78, 5) is 4.32. The average Bonchev–Trinajstić information content (AvgIpc) is 3.06. The number of thiophene rings is 1. The summed E-state index contributed by atoms with van der Waals surface area (Å²) in [5.41, 5.74) is -0.742. The predicted octanol–water partition coefficient (Wildman–Crippen LogP) is 3.22. The van der Waals surface area contributed by atoms with E-state index in [1.165, 1.54) is 0 Å². The highest BCUT2D eigenvalue weighted by atomic mass is 32.1. The van der Waals surface area contributed by atoms with E-state index in [1.54, 1.807) is 11.3 Å². The van der Waals surface area contributed by atoms with Gasteiger partial charge in [-0.2, -0.15) is 15.8 Å². The van der Waals surface area contributed by atoms with Crippen molar-refractivity contribution in [3.8, 4) is 18.2 Å². The number of aryl methyl sites for hydroxylation is 1. The minimum Gasteiger partial charge on any atom is -0.305 e. The SMILES string of the molecule is CCN1CC=C2C(C#N)C(=N)C(C#N)(C#N)[C@H](c3ccc(C)s3)[C@H]2C1. The average molecular weight is 349 g/mol. The summed E-state index contributed by atoms with van der Waals surface area (Å²) >= 11 is 1.58. The zero-order valence-electron chi connectivity index (χ0n) is 14.3. The van der Waals surface area contributed by atoms with Gasteiger partial charge >= 0.3 is 0 Å². The quantitative estimate of drug-likeness (QED) is 0.829. The highest BCUT2D eigenvalue weighted by molar-refractivity contribution is 7.12. The fourth-order valence-electron chi connectivity index (χ4n) is 4.05. The Kier molecular flexibility index (Phi) is 4.48. The highest BCUT2D eigenvalue weighted by Gasteiger charge is 2.58. The molecule has 1 aliphatic carbocycles. The molecule has 6 heteroatoms. The van der Waals surface area contributed by atoms with Crippen LogP contribution < -0.4 is 0 Å². The third-order valence-electron chi connectivity index (χ3n) is 5.38. The second-order valence-corrected chi connectivity index (χ2v) is 7.92. The molecular weight excluding hydrogens is 330 g/mol. The second kappa shape index (κ2) is 6.45. The molecule has 0 spiro atoms. The fourth-order valence-corrected chi connectivity index (χ4v) is 5.16. The first-order valence-corrected chi connectivity index (χ1v) is 9.13. The molecule has 126 valence electrons. The van der Waals surface area contributed by atoms with Gasteiger partial charge in [0.05, 0.1) is 23.9 Å². The molecule has 3 atom stereocenters. The molecule has 1 unspecified atom stereocenters. The van der Waals surface area contributed by atoms with E-state index in [0.717, 1.165) is 28.4 Å². The molecule has 0 amide bonds. The van der Waals surface area contributed by atoms with Crippen molar-refractivity contribution in [2.45, 2.75) is 19.8 Å². The van der Waals surface area contributed by atoms with Gasteiger partial charge < -0.3 is 5.41 Å². The van der Waals surface area contributed by atoms with E-state index in [0.29, 0.717) is 6.54 Å². The minimum absolute atomic E-state index is 0.0662. The molecule has 1 aliphatic heterocycles. The van der Waals surface area contributed by atoms with Gasteiger partial charge in [-0.05, 0) is 31.2 Å². The van der Waals surface area contributed by atoms with Crippen LogP contribution in [-0.4, -0.2) is 30.2 Å². The normalized spacial score (nSPS) is 28.2. The lowest BCUT2D eigenvalue weighted by Crippen LogP contribution is -2.52. The van der Waals surface area contributed by atoms with Crippen molar-refractivity contribution in [2.75, 3.05) is 19.6 Å². The fraction of sp³-hybridized carbons (Fsp3) is 0.474. The lowest BCUT2D eigenvalue weighted by atomic mass is 9.55. The third kappa shape index (κ3) is 2.48. The molecule has 0 bridgehead atoms. The standard InChI is InChI=1S/C19H19N5S/c1-3-24-7-6-13-14(8-20)18(23)19(10-21,11-22)17(15(13)9-24)16-5-4-12(2)25-16/h4-6,14-15,17,23H,3,7,9H2,1-2H3/t14?,15-,17-/m0/s1. The monoisotopic (exact) mass is 349 g/mol. The third-order valence-corrected chi connectivity index (χ3v) is 6.46. The summed E-state index contributed by atoms with van der Waals surface area (Å²) in [6, 6.07) is 10.4. The Morgan fingerprint density at radius 2 is 2.04 bits per heavy atom. The number of nitrogens with one attached hydrogen (secondary N) is 1. The Labute approximate surface area is 151 Å². The van der Waals surface area contributed by atoms with Crippen LogP contribution in [0.4, 0.5) is 0 Å². The van der Waals surface area contributed by atoms with Gasteiger partial charge in [-0.3, -0.25) is 4.90 Å². The minimum atomic E-state index is -1.59. The van der Waals surface area contributed by atoms with Gasteiger partial charge in [-0.25, -0.2) is 0 Å². The van der Waals surface area contributed by atoms with Crippen molar-refractivity contribution >= 4 is 17.0 Å². The van der Waals surface area contributed by atoms with Crippen LogP contribution in [0.15, 0.2) is 23.8 Å². The molecule has 25 heavy (non-hydrogen) atoms. The van der Waals surface area contributed by atoms with Crippen LogP contribution in [0.5, 0.6) is 0 Å². The first kappa shape index (κ1) is 17.4.